The molecular formula is C23H19N5O2. The lowest BCUT2D eigenvalue weighted by molar-refractivity contribution is 0.102. The van der Waals surface area contributed by atoms with E-state index in [0.29, 0.717) is 22.7 Å². The minimum Gasteiger partial charge on any atom is -0.463 e. The third kappa shape index (κ3) is 3.10. The van der Waals surface area contributed by atoms with Crippen molar-refractivity contribution in [1.29, 1.82) is 0 Å². The Morgan fingerprint density at radius 3 is 2.77 bits per heavy atom. The summed E-state index contributed by atoms with van der Waals surface area (Å²) < 4.78 is 7.33. The molecule has 0 bridgehead atoms. The number of rotatable bonds is 4. The number of carbonyl (C=O) groups is 1. The number of nitrogens with zero attached hydrogens (tertiary/aromatic N) is 4. The lowest BCUT2D eigenvalue weighted by Crippen LogP contribution is -2.13. The second-order valence-corrected chi connectivity index (χ2v) is 7.32. The molecule has 30 heavy (non-hydrogen) atoms. The Morgan fingerprint density at radius 1 is 1.10 bits per heavy atom. The molecular weight excluding hydrogens is 378 g/mol. The highest BCUT2D eigenvalue weighted by atomic mass is 16.3. The van der Waals surface area contributed by atoms with Crippen molar-refractivity contribution >= 4 is 33.5 Å². The molecule has 1 aromatic carbocycles. The standard InChI is InChI=1S/C23H19N5O2/c1-14(2)28-22-15(12-25-28)10-16(13-24-22)26-23(29)18-11-20(21-8-5-9-30-21)27-19-7-4-3-6-17(18)19/h3-14H,1-2H3,(H,26,29). The Morgan fingerprint density at radius 2 is 1.97 bits per heavy atom. The zero-order valence-corrected chi connectivity index (χ0v) is 16.5. The van der Waals surface area contributed by atoms with E-state index in [4.69, 9.17) is 4.42 Å². The number of fused-ring (bicyclic) bond motifs is 2. The van der Waals surface area contributed by atoms with E-state index in [9.17, 15) is 4.79 Å². The van der Waals surface area contributed by atoms with E-state index in [1.54, 1.807) is 30.8 Å². The van der Waals surface area contributed by atoms with Crippen molar-refractivity contribution in [2.75, 3.05) is 5.32 Å². The molecule has 0 aliphatic heterocycles. The van der Waals surface area contributed by atoms with Gasteiger partial charge in [-0.25, -0.2) is 14.6 Å². The van der Waals surface area contributed by atoms with Crippen molar-refractivity contribution in [2.45, 2.75) is 19.9 Å². The molecule has 0 saturated heterocycles. The Kier molecular flexibility index (Phi) is 4.28. The van der Waals surface area contributed by atoms with Crippen molar-refractivity contribution in [3.63, 3.8) is 0 Å². The van der Waals surface area contributed by atoms with E-state index in [0.717, 1.165) is 21.9 Å². The summed E-state index contributed by atoms with van der Waals surface area (Å²) >= 11 is 0. The number of anilines is 1. The first-order valence-corrected chi connectivity index (χ1v) is 9.68. The van der Waals surface area contributed by atoms with Gasteiger partial charge in [-0.15, -0.1) is 0 Å². The summed E-state index contributed by atoms with van der Waals surface area (Å²) in [6.45, 7) is 4.10. The summed E-state index contributed by atoms with van der Waals surface area (Å²) in [5.74, 6) is 0.373. The highest BCUT2D eigenvalue weighted by Crippen LogP contribution is 2.26. The second-order valence-electron chi connectivity index (χ2n) is 7.32. The fourth-order valence-corrected chi connectivity index (χ4v) is 3.50. The zero-order chi connectivity index (χ0) is 20.7. The van der Waals surface area contributed by atoms with Gasteiger partial charge in [0.1, 0.15) is 5.69 Å². The summed E-state index contributed by atoms with van der Waals surface area (Å²) in [6, 6.07) is 15.0. The van der Waals surface area contributed by atoms with Gasteiger partial charge in [-0.05, 0) is 44.2 Å². The largest absolute Gasteiger partial charge is 0.463 e. The van der Waals surface area contributed by atoms with Crippen molar-refractivity contribution in [1.82, 2.24) is 19.7 Å². The molecule has 4 heterocycles. The van der Waals surface area contributed by atoms with E-state index >= 15 is 0 Å². The number of para-hydroxylation sites is 1. The number of furan rings is 1. The summed E-state index contributed by atoms with van der Waals surface area (Å²) in [5.41, 5.74) is 3.25. The minimum absolute atomic E-state index is 0.207. The Labute approximate surface area is 172 Å². The number of nitrogens with one attached hydrogen (secondary N) is 1. The van der Waals surface area contributed by atoms with Crippen LogP contribution < -0.4 is 5.32 Å². The van der Waals surface area contributed by atoms with Gasteiger partial charge in [0.2, 0.25) is 0 Å². The van der Waals surface area contributed by atoms with Crippen LogP contribution in [-0.4, -0.2) is 25.7 Å². The first-order valence-electron chi connectivity index (χ1n) is 9.68. The average Bonchev–Trinajstić information content (AvgIpc) is 3.42. The van der Waals surface area contributed by atoms with Crippen LogP contribution in [0.2, 0.25) is 0 Å². The van der Waals surface area contributed by atoms with Gasteiger partial charge in [-0.3, -0.25) is 4.79 Å². The number of hydrogen-bond donors (Lipinski definition) is 1. The van der Waals surface area contributed by atoms with Gasteiger partial charge in [-0.1, -0.05) is 18.2 Å². The van der Waals surface area contributed by atoms with E-state index in [2.05, 4.69) is 34.2 Å². The first-order chi connectivity index (χ1) is 14.6. The van der Waals surface area contributed by atoms with Gasteiger partial charge >= 0.3 is 0 Å². The predicted molar refractivity (Wildman–Crippen MR) is 115 cm³/mol. The maximum atomic E-state index is 13.2. The van der Waals surface area contributed by atoms with Crippen LogP contribution in [0, 0.1) is 0 Å². The van der Waals surface area contributed by atoms with Crippen LogP contribution >= 0.6 is 0 Å². The molecule has 0 unspecified atom stereocenters. The molecule has 4 aromatic heterocycles. The highest BCUT2D eigenvalue weighted by Gasteiger charge is 2.16. The summed E-state index contributed by atoms with van der Waals surface area (Å²) in [4.78, 5) is 22.3. The smallest absolute Gasteiger partial charge is 0.256 e. The molecule has 148 valence electrons. The average molecular weight is 397 g/mol. The molecule has 0 aliphatic carbocycles. The molecule has 0 fully saturated rings. The number of aromatic nitrogens is 4. The molecule has 1 amide bonds. The molecule has 0 saturated carbocycles. The molecule has 1 N–H and O–H groups in total. The number of hydrogen-bond acceptors (Lipinski definition) is 5. The molecule has 7 heteroatoms. The topological polar surface area (TPSA) is 85.8 Å². The van der Waals surface area contributed by atoms with Gasteiger partial charge in [-0.2, -0.15) is 5.10 Å². The quantitative estimate of drug-likeness (QED) is 0.457. The Bertz CT molecular complexity index is 1370. The normalized spacial score (nSPS) is 11.4. The lowest BCUT2D eigenvalue weighted by Gasteiger charge is -2.10. The lowest BCUT2D eigenvalue weighted by atomic mass is 10.1. The zero-order valence-electron chi connectivity index (χ0n) is 16.5. The molecule has 0 aliphatic rings. The van der Waals surface area contributed by atoms with Gasteiger partial charge in [0.15, 0.2) is 11.4 Å². The molecule has 5 rings (SSSR count). The van der Waals surface area contributed by atoms with Gasteiger partial charge < -0.3 is 9.73 Å². The monoisotopic (exact) mass is 397 g/mol. The van der Waals surface area contributed by atoms with Crippen molar-refractivity contribution in [3.05, 3.63) is 72.8 Å². The second kappa shape index (κ2) is 7.11. The number of pyridine rings is 2. The van der Waals surface area contributed by atoms with E-state index in [1.165, 1.54) is 0 Å². The summed E-state index contributed by atoms with van der Waals surface area (Å²) in [6.07, 6.45) is 5.00. The van der Waals surface area contributed by atoms with Gasteiger partial charge in [0.05, 0.1) is 35.4 Å². The van der Waals surface area contributed by atoms with E-state index in [-0.39, 0.29) is 11.9 Å². The van der Waals surface area contributed by atoms with Crippen LogP contribution in [0.25, 0.3) is 33.4 Å². The number of carbonyl (C=O) groups excluding carboxylic acids is 1. The Hall–Kier alpha value is -4.00. The van der Waals surface area contributed by atoms with Crippen LogP contribution in [0.1, 0.15) is 30.2 Å². The van der Waals surface area contributed by atoms with Crippen molar-refractivity contribution in [3.8, 4) is 11.5 Å². The van der Waals surface area contributed by atoms with E-state index < -0.39 is 0 Å². The summed E-state index contributed by atoms with van der Waals surface area (Å²) in [5, 5.41) is 8.98. The van der Waals surface area contributed by atoms with E-state index in [1.807, 2.05) is 41.1 Å². The fraction of sp³-hybridized carbons (Fsp3) is 0.130. The van der Waals surface area contributed by atoms with Crippen molar-refractivity contribution < 1.29 is 9.21 Å². The maximum absolute atomic E-state index is 13.2. The predicted octanol–water partition coefficient (Wildman–Crippen LogP) is 5.07. The molecule has 0 spiro atoms. The molecule has 0 radical (unpaired) electrons. The van der Waals surface area contributed by atoms with Crippen LogP contribution in [0.4, 0.5) is 5.69 Å². The summed E-state index contributed by atoms with van der Waals surface area (Å²) in [7, 11) is 0. The number of benzene rings is 1. The highest BCUT2D eigenvalue weighted by molar-refractivity contribution is 6.13. The van der Waals surface area contributed by atoms with Crippen LogP contribution in [0.3, 0.4) is 0 Å². The third-order valence-electron chi connectivity index (χ3n) is 4.91. The Balaban J connectivity index is 1.54. The molecule has 5 aromatic rings. The van der Waals surface area contributed by atoms with Gasteiger partial charge in [0.25, 0.3) is 5.91 Å². The fourth-order valence-electron chi connectivity index (χ4n) is 3.50. The van der Waals surface area contributed by atoms with Crippen molar-refractivity contribution in [2.24, 2.45) is 0 Å². The number of amides is 1. The van der Waals surface area contributed by atoms with Gasteiger partial charge in [0, 0.05) is 16.8 Å². The minimum atomic E-state index is -0.237. The third-order valence-corrected chi connectivity index (χ3v) is 4.91. The van der Waals surface area contributed by atoms with Crippen LogP contribution in [0.15, 0.2) is 71.6 Å². The van der Waals surface area contributed by atoms with Crippen LogP contribution in [-0.2, 0) is 0 Å². The van der Waals surface area contributed by atoms with Crippen LogP contribution in [0.5, 0.6) is 0 Å². The SMILES string of the molecule is CC(C)n1ncc2cc(NC(=O)c3cc(-c4ccco4)nc4ccccc34)cnc21. The first kappa shape index (κ1) is 18.1. The molecule has 0 atom stereocenters. The maximum Gasteiger partial charge on any atom is 0.256 e. The molecule has 7 nitrogen and oxygen atoms in total.